The Balaban J connectivity index is 0.000000138. The Hall–Kier alpha value is -10.1. The van der Waals surface area contributed by atoms with Crippen LogP contribution in [0.2, 0.25) is 0 Å². The van der Waals surface area contributed by atoms with Gasteiger partial charge in [0, 0.05) is 37.4 Å². The molecule has 10 aromatic carbocycles. The van der Waals surface area contributed by atoms with Crippen molar-refractivity contribution in [3.05, 3.63) is 364 Å². The molecule has 0 fully saturated rings. The van der Waals surface area contributed by atoms with E-state index >= 15 is 0 Å². The lowest BCUT2D eigenvalue weighted by Crippen LogP contribution is -2.24. The number of aryl methyl sites for hydroxylation is 1. The number of aromatic nitrogens is 6. The molecule has 0 aliphatic carbocycles. The molecule has 0 saturated heterocycles. The number of hydrogen-bond acceptors (Lipinski definition) is 8. The van der Waals surface area contributed by atoms with Crippen molar-refractivity contribution in [3.63, 3.8) is 0 Å². The summed E-state index contributed by atoms with van der Waals surface area (Å²) in [5.74, 6) is 1.15. The number of anilines is 2. The average Bonchev–Trinajstić information content (AvgIpc) is 1.73. The van der Waals surface area contributed by atoms with Gasteiger partial charge in [0.2, 0.25) is 5.95 Å². The fourth-order valence-electron chi connectivity index (χ4n) is 10.5. The van der Waals surface area contributed by atoms with Gasteiger partial charge in [0.25, 0.3) is 0 Å². The maximum absolute atomic E-state index is 9.57. The summed E-state index contributed by atoms with van der Waals surface area (Å²) in [6.07, 6.45) is 9.81. The van der Waals surface area contributed by atoms with Gasteiger partial charge in [-0.2, -0.15) is 9.97 Å². The number of pyridine rings is 2. The largest absolute Gasteiger partial charge is 0.394 e. The second kappa shape index (κ2) is 37.1. The molecule has 0 radical (unpaired) electrons. The molecule has 0 amide bonds. The Bertz CT molecular complexity index is 3860. The summed E-state index contributed by atoms with van der Waals surface area (Å²) in [6.45, 7) is 8.84. The van der Waals surface area contributed by atoms with Crippen LogP contribution in [0.15, 0.2) is 353 Å². The molecule has 14 aromatic rings. The summed E-state index contributed by atoms with van der Waals surface area (Å²) >= 11 is 0. The van der Waals surface area contributed by atoms with Crippen LogP contribution in [-0.2, 0) is 6.54 Å². The number of nitrogens with one attached hydrogen (secondary N) is 2. The third kappa shape index (κ3) is 20.0. The van der Waals surface area contributed by atoms with Gasteiger partial charge in [-0.05, 0) is 133 Å². The van der Waals surface area contributed by atoms with E-state index in [0.717, 1.165) is 34.3 Å². The van der Waals surface area contributed by atoms with Gasteiger partial charge in [-0.1, -0.05) is 316 Å². The number of hydrogen-bond donors (Lipinski definition) is 3. The molecular formula is C84H81N8OP3. The van der Waals surface area contributed by atoms with Gasteiger partial charge in [-0.3, -0.25) is 9.97 Å². The van der Waals surface area contributed by atoms with Gasteiger partial charge in [0.05, 0.1) is 19.0 Å². The van der Waals surface area contributed by atoms with E-state index in [9.17, 15) is 5.11 Å². The molecule has 478 valence electrons. The molecule has 4 aromatic heterocycles. The Morgan fingerprint density at radius 2 is 0.760 bits per heavy atom. The highest BCUT2D eigenvalue weighted by atomic mass is 31.1. The maximum Gasteiger partial charge on any atom is 0.227 e. The summed E-state index contributed by atoms with van der Waals surface area (Å²) in [6, 6.07) is 113. The molecule has 0 aliphatic rings. The van der Waals surface area contributed by atoms with E-state index in [1.54, 1.807) is 18.7 Å². The molecule has 96 heavy (non-hydrogen) atoms. The molecule has 0 saturated carbocycles. The first kappa shape index (κ1) is 68.8. The lowest BCUT2D eigenvalue weighted by atomic mass is 10.1. The van der Waals surface area contributed by atoms with Crippen molar-refractivity contribution in [2.24, 2.45) is 0 Å². The van der Waals surface area contributed by atoms with Gasteiger partial charge in [-0.25, -0.2) is 4.98 Å². The van der Waals surface area contributed by atoms with Crippen LogP contribution < -0.4 is 58.4 Å². The van der Waals surface area contributed by atoms with Crippen LogP contribution in [0.3, 0.4) is 0 Å². The molecule has 0 spiro atoms. The Morgan fingerprint density at radius 1 is 0.406 bits per heavy atom. The molecule has 4 heterocycles. The van der Waals surface area contributed by atoms with Crippen molar-refractivity contribution in [2.45, 2.75) is 52.7 Å². The minimum absolute atomic E-state index is 0.0212. The number of nitrogens with zero attached hydrogens (tertiary/aromatic N) is 6. The van der Waals surface area contributed by atoms with E-state index in [-0.39, 0.29) is 18.7 Å². The van der Waals surface area contributed by atoms with E-state index < -0.39 is 23.8 Å². The van der Waals surface area contributed by atoms with Crippen LogP contribution >= 0.6 is 23.8 Å². The zero-order valence-corrected chi connectivity index (χ0v) is 57.4. The predicted octanol–water partition coefficient (Wildman–Crippen LogP) is 16.0. The average molecular weight is 1310 g/mol. The topological polar surface area (TPSA) is 114 Å². The highest BCUT2D eigenvalue weighted by Crippen LogP contribution is 2.35. The second-order valence-corrected chi connectivity index (χ2v) is 29.3. The number of rotatable bonds is 18. The molecule has 0 unspecified atom stereocenters. The number of aliphatic hydroxyl groups is 1. The minimum atomic E-state index is -0.446. The van der Waals surface area contributed by atoms with E-state index in [1.807, 2.05) is 55.1 Å². The van der Waals surface area contributed by atoms with Gasteiger partial charge in [0.1, 0.15) is 0 Å². The third-order valence-electron chi connectivity index (χ3n) is 15.4. The predicted molar refractivity (Wildman–Crippen MR) is 412 cm³/mol. The molecule has 1 atom stereocenters. The molecule has 0 aliphatic heterocycles. The molecular weight excluding hydrogens is 1230 g/mol. The summed E-state index contributed by atoms with van der Waals surface area (Å²) in [5.41, 5.74) is 6.05. The van der Waals surface area contributed by atoms with E-state index in [1.165, 1.54) is 53.3 Å². The standard InChI is InChI=1S/C24H29N7O.3C18H15P.C6H7N/c1-4-20(14-32)28-24-29-22(21-23(30-24)31(15-27-21)16(2)3)26-12-17-7-9-18(10-8-17)19-6-5-11-25-13-19;3*1-4-10-16(11-5-1)19(17-12-6-2-7-13-17)18-14-8-3-9-15-18;1-6-3-2-4-7-5-6/h5-11,13,15-16,20,32H,4,12,14H2,1-3H3,(H2,26,28,29,30);3*1-15H;2-5H,1H3/t20-;;;;/m1..../s1. The monoisotopic (exact) mass is 1310 g/mol. The van der Waals surface area contributed by atoms with Crippen molar-refractivity contribution in [2.75, 3.05) is 17.2 Å². The Morgan fingerprint density at radius 3 is 1.04 bits per heavy atom. The van der Waals surface area contributed by atoms with E-state index in [4.69, 9.17) is 0 Å². The van der Waals surface area contributed by atoms with Gasteiger partial charge in [-0.15, -0.1) is 0 Å². The molecule has 9 nitrogen and oxygen atoms in total. The fraction of sp³-hybridized carbons (Fsp3) is 0.107. The van der Waals surface area contributed by atoms with Crippen molar-refractivity contribution < 1.29 is 5.11 Å². The summed E-state index contributed by atoms with van der Waals surface area (Å²) in [7, 11) is -1.34. The normalized spacial score (nSPS) is 11.0. The van der Waals surface area contributed by atoms with Crippen LogP contribution in [0.25, 0.3) is 22.3 Å². The third-order valence-corrected chi connectivity index (χ3v) is 22.7. The number of benzene rings is 10. The lowest BCUT2D eigenvalue weighted by Gasteiger charge is -2.18. The van der Waals surface area contributed by atoms with Gasteiger partial charge < -0.3 is 20.3 Å². The minimum Gasteiger partial charge on any atom is -0.394 e. The van der Waals surface area contributed by atoms with Crippen LogP contribution in [0.5, 0.6) is 0 Å². The Kier molecular flexibility index (Phi) is 26.6. The van der Waals surface area contributed by atoms with Crippen molar-refractivity contribution in [1.29, 1.82) is 0 Å². The zero-order valence-electron chi connectivity index (χ0n) is 54.7. The quantitative estimate of drug-likeness (QED) is 0.0728. The highest BCUT2D eigenvalue weighted by molar-refractivity contribution is 7.80. The Labute approximate surface area is 570 Å². The molecule has 14 rings (SSSR count). The van der Waals surface area contributed by atoms with Gasteiger partial charge in [0.15, 0.2) is 17.0 Å². The fourth-order valence-corrected chi connectivity index (χ4v) is 17.4. The summed E-state index contributed by atoms with van der Waals surface area (Å²) in [5, 5.41) is 28.8. The van der Waals surface area contributed by atoms with E-state index in [0.29, 0.717) is 18.3 Å². The number of aliphatic hydroxyl groups excluding tert-OH is 1. The SMILES string of the molecule is CC[C@H](CO)Nc1nc(NCc2ccc(-c3cccnc3)cc2)c2ncn(C(C)C)c2n1.Cc1cccnc1.c1ccc(P(c2ccccc2)c2ccccc2)cc1.c1ccc(P(c2ccccc2)c2ccccc2)cc1.c1ccc(P(c2ccccc2)c2ccccc2)cc1. The smallest absolute Gasteiger partial charge is 0.227 e. The molecule has 3 N–H and O–H groups in total. The van der Waals surface area contributed by atoms with Crippen LogP contribution in [0, 0.1) is 6.92 Å². The number of fused-ring (bicyclic) bond motifs is 1. The highest BCUT2D eigenvalue weighted by Gasteiger charge is 2.20. The summed E-state index contributed by atoms with van der Waals surface area (Å²) < 4.78 is 2.02. The number of imidazole rings is 1. The molecule has 0 bridgehead atoms. The first-order chi connectivity index (χ1) is 47.3. The van der Waals surface area contributed by atoms with Crippen molar-refractivity contribution in [1.82, 2.24) is 29.5 Å². The second-order valence-electron chi connectivity index (χ2n) is 22.6. The van der Waals surface area contributed by atoms with Crippen LogP contribution in [0.1, 0.15) is 44.4 Å². The summed E-state index contributed by atoms with van der Waals surface area (Å²) in [4.78, 5) is 22.0. The molecule has 12 heteroatoms. The first-order valence-corrected chi connectivity index (χ1v) is 36.4. The van der Waals surface area contributed by atoms with E-state index in [2.05, 4.69) is 347 Å². The lowest BCUT2D eigenvalue weighted by molar-refractivity contribution is 0.271. The maximum atomic E-state index is 9.57. The van der Waals surface area contributed by atoms with Crippen LogP contribution in [0.4, 0.5) is 11.8 Å². The zero-order chi connectivity index (χ0) is 66.4. The van der Waals surface area contributed by atoms with Crippen LogP contribution in [-0.4, -0.2) is 47.2 Å². The van der Waals surface area contributed by atoms with Crippen molar-refractivity contribution >= 4 is 94.4 Å². The van der Waals surface area contributed by atoms with Gasteiger partial charge >= 0.3 is 0 Å². The first-order valence-electron chi connectivity index (χ1n) is 32.4. The van der Waals surface area contributed by atoms with Crippen molar-refractivity contribution in [3.8, 4) is 11.1 Å².